The van der Waals surface area contributed by atoms with Gasteiger partial charge in [-0.1, -0.05) is 12.1 Å². The summed E-state index contributed by atoms with van der Waals surface area (Å²) in [5, 5.41) is 0. The Morgan fingerprint density at radius 3 is 2.28 bits per heavy atom. The molecule has 0 unspecified atom stereocenters. The number of fused-ring (bicyclic) bond motifs is 1. The van der Waals surface area contributed by atoms with Crippen molar-refractivity contribution in [3.63, 3.8) is 0 Å². The van der Waals surface area contributed by atoms with E-state index in [4.69, 9.17) is 0 Å². The van der Waals surface area contributed by atoms with E-state index in [9.17, 15) is 18.0 Å². The molecule has 0 radical (unpaired) electrons. The number of hydrogen-bond acceptors (Lipinski definition) is 5. The molecule has 1 saturated heterocycles. The van der Waals surface area contributed by atoms with Crippen LogP contribution in [0.3, 0.4) is 0 Å². The van der Waals surface area contributed by atoms with E-state index in [1.54, 1.807) is 18.3 Å². The zero-order chi connectivity index (χ0) is 22.2. The molecule has 32 heavy (non-hydrogen) atoms. The van der Waals surface area contributed by atoms with Gasteiger partial charge in [-0.05, 0) is 42.2 Å². The van der Waals surface area contributed by atoms with Crippen molar-refractivity contribution in [2.45, 2.75) is 18.8 Å². The predicted molar refractivity (Wildman–Crippen MR) is 115 cm³/mol. The largest absolute Gasteiger partial charge is 0.366 e. The van der Waals surface area contributed by atoms with Gasteiger partial charge in [0, 0.05) is 44.9 Å². The average Bonchev–Trinajstić information content (AvgIpc) is 2.78. The van der Waals surface area contributed by atoms with Gasteiger partial charge in [0.2, 0.25) is 5.95 Å². The van der Waals surface area contributed by atoms with E-state index in [1.807, 2.05) is 15.9 Å². The van der Waals surface area contributed by atoms with Crippen molar-refractivity contribution in [2.75, 3.05) is 36.0 Å². The van der Waals surface area contributed by atoms with Crippen molar-refractivity contribution in [1.82, 2.24) is 9.97 Å². The van der Waals surface area contributed by atoms with Crippen LogP contribution in [0.5, 0.6) is 0 Å². The number of aromatic nitrogens is 2. The molecule has 1 atom stereocenters. The molecule has 1 aliphatic heterocycles. The highest BCUT2D eigenvalue weighted by Gasteiger charge is 2.30. The quantitative estimate of drug-likeness (QED) is 0.616. The minimum absolute atomic E-state index is 0.128. The highest BCUT2D eigenvalue weighted by atomic mass is 19.1. The zero-order valence-electron chi connectivity index (χ0n) is 17.3. The average molecular weight is 438 g/mol. The number of Topliss-reactive ketones (excluding diaryl/α,β-unsaturated/α-hetero) is 1. The third-order valence-corrected chi connectivity index (χ3v) is 6.14. The number of carbonyl (C=O) groups is 1. The Bertz CT molecular complexity index is 1160. The van der Waals surface area contributed by atoms with E-state index in [-0.39, 0.29) is 23.9 Å². The fourth-order valence-electron chi connectivity index (χ4n) is 4.49. The molecule has 164 valence electrons. The summed E-state index contributed by atoms with van der Waals surface area (Å²) in [6, 6.07) is 10.1. The maximum Gasteiger partial charge on any atom is 0.225 e. The maximum absolute atomic E-state index is 14.1. The maximum atomic E-state index is 14.1. The summed E-state index contributed by atoms with van der Waals surface area (Å²) < 4.78 is 41.4. The number of nitrogens with zero attached hydrogens (tertiary/aromatic N) is 4. The van der Waals surface area contributed by atoms with Crippen LogP contribution in [0.2, 0.25) is 0 Å². The van der Waals surface area contributed by atoms with Gasteiger partial charge in [0.05, 0.1) is 16.9 Å². The summed E-state index contributed by atoms with van der Waals surface area (Å²) in [5.41, 5.74) is 2.10. The Morgan fingerprint density at radius 1 is 0.875 bits per heavy atom. The van der Waals surface area contributed by atoms with Gasteiger partial charge in [0.25, 0.3) is 0 Å². The van der Waals surface area contributed by atoms with E-state index < -0.39 is 11.6 Å². The van der Waals surface area contributed by atoms with E-state index in [0.29, 0.717) is 61.1 Å². The summed E-state index contributed by atoms with van der Waals surface area (Å²) in [5.74, 6) is -1.51. The number of benzene rings is 2. The molecule has 0 spiro atoms. The van der Waals surface area contributed by atoms with Gasteiger partial charge in [-0.25, -0.2) is 23.1 Å². The monoisotopic (exact) mass is 438 g/mol. The summed E-state index contributed by atoms with van der Waals surface area (Å²) in [6.45, 7) is 2.45. The third-order valence-electron chi connectivity index (χ3n) is 6.14. The van der Waals surface area contributed by atoms with Crippen molar-refractivity contribution in [3.8, 4) is 0 Å². The van der Waals surface area contributed by atoms with Gasteiger partial charge in [0.15, 0.2) is 5.78 Å². The van der Waals surface area contributed by atoms with Crippen molar-refractivity contribution >= 4 is 17.4 Å². The van der Waals surface area contributed by atoms with Crippen molar-refractivity contribution in [3.05, 3.63) is 82.9 Å². The fourth-order valence-corrected chi connectivity index (χ4v) is 4.49. The second-order valence-corrected chi connectivity index (χ2v) is 8.19. The lowest BCUT2D eigenvalue weighted by molar-refractivity contribution is 0.0962. The summed E-state index contributed by atoms with van der Waals surface area (Å²) in [4.78, 5) is 25.7. The first-order valence-corrected chi connectivity index (χ1v) is 10.6. The Balaban J connectivity index is 1.34. The number of piperazine rings is 1. The van der Waals surface area contributed by atoms with E-state index >= 15 is 0 Å². The second kappa shape index (κ2) is 8.26. The number of carbonyl (C=O) groups excluding carboxylic acids is 1. The van der Waals surface area contributed by atoms with Gasteiger partial charge in [0.1, 0.15) is 17.5 Å². The van der Waals surface area contributed by atoms with Crippen LogP contribution in [0.1, 0.15) is 34.0 Å². The smallest absolute Gasteiger partial charge is 0.225 e. The summed E-state index contributed by atoms with van der Waals surface area (Å²) in [6.07, 6.45) is 2.13. The Hall–Kier alpha value is -3.42. The third kappa shape index (κ3) is 3.92. The minimum Gasteiger partial charge on any atom is -0.366 e. The minimum atomic E-state index is -0.658. The van der Waals surface area contributed by atoms with Crippen LogP contribution in [0.15, 0.2) is 48.7 Å². The molecule has 2 aromatic carbocycles. The Labute approximate surface area is 183 Å². The van der Waals surface area contributed by atoms with Gasteiger partial charge >= 0.3 is 0 Å². The van der Waals surface area contributed by atoms with Crippen LogP contribution in [-0.4, -0.2) is 41.9 Å². The summed E-state index contributed by atoms with van der Waals surface area (Å²) >= 11 is 0. The SMILES string of the molecule is O=C1C[C@@H](c2cc(F)cc(F)c2)Cc2nc(N3CCN(c4ccccc4F)CC3)ncc21. The zero-order valence-corrected chi connectivity index (χ0v) is 17.3. The van der Waals surface area contributed by atoms with Gasteiger partial charge in [-0.3, -0.25) is 4.79 Å². The molecular formula is C24H21F3N4O. The van der Waals surface area contributed by atoms with Crippen LogP contribution in [0.25, 0.3) is 0 Å². The number of hydrogen-bond donors (Lipinski definition) is 0. The lowest BCUT2D eigenvalue weighted by Gasteiger charge is -2.36. The predicted octanol–water partition coefficient (Wildman–Crippen LogP) is 4.13. The number of anilines is 2. The molecule has 1 aliphatic carbocycles. The molecular weight excluding hydrogens is 417 g/mol. The molecule has 5 rings (SSSR count). The molecule has 8 heteroatoms. The van der Waals surface area contributed by atoms with Crippen molar-refractivity contribution in [1.29, 1.82) is 0 Å². The molecule has 0 saturated carbocycles. The standard InChI is InChI=1S/C24H21F3N4O/c25-17-9-15(10-18(26)13-17)16-11-21-19(23(32)12-16)14-28-24(29-21)31-7-5-30(6-8-31)22-4-2-1-3-20(22)27/h1-4,9-10,13-14,16H,5-8,11-12H2/t16-/m0/s1. The molecule has 0 amide bonds. The molecule has 2 heterocycles. The molecule has 3 aromatic rings. The van der Waals surface area contributed by atoms with Crippen LogP contribution in [0.4, 0.5) is 24.8 Å². The topological polar surface area (TPSA) is 49.3 Å². The summed E-state index contributed by atoms with van der Waals surface area (Å²) in [7, 11) is 0. The molecule has 5 nitrogen and oxygen atoms in total. The molecule has 0 N–H and O–H groups in total. The fraction of sp³-hybridized carbons (Fsp3) is 0.292. The normalized spacial score (nSPS) is 18.6. The number of ketones is 1. The van der Waals surface area contributed by atoms with Crippen molar-refractivity contribution < 1.29 is 18.0 Å². The lowest BCUT2D eigenvalue weighted by Crippen LogP contribution is -2.47. The molecule has 1 fully saturated rings. The number of para-hydroxylation sites is 1. The van der Waals surface area contributed by atoms with Gasteiger partial charge in [-0.15, -0.1) is 0 Å². The van der Waals surface area contributed by atoms with Gasteiger partial charge in [-0.2, -0.15) is 0 Å². The van der Waals surface area contributed by atoms with E-state index in [1.165, 1.54) is 18.2 Å². The molecule has 2 aliphatic rings. The lowest BCUT2D eigenvalue weighted by atomic mass is 9.82. The Morgan fingerprint density at radius 2 is 1.56 bits per heavy atom. The first-order valence-electron chi connectivity index (χ1n) is 10.6. The van der Waals surface area contributed by atoms with E-state index in [2.05, 4.69) is 9.97 Å². The van der Waals surface area contributed by atoms with Gasteiger partial charge < -0.3 is 9.80 Å². The first-order chi connectivity index (χ1) is 15.5. The highest BCUT2D eigenvalue weighted by Crippen LogP contribution is 2.33. The number of rotatable bonds is 3. The van der Waals surface area contributed by atoms with Crippen molar-refractivity contribution in [2.24, 2.45) is 0 Å². The molecule has 0 bridgehead atoms. The molecule has 1 aromatic heterocycles. The highest BCUT2D eigenvalue weighted by molar-refractivity contribution is 5.98. The van der Waals surface area contributed by atoms with Crippen LogP contribution in [0, 0.1) is 17.5 Å². The van der Waals surface area contributed by atoms with E-state index in [0.717, 1.165) is 6.07 Å². The van der Waals surface area contributed by atoms with Crippen LogP contribution < -0.4 is 9.80 Å². The van der Waals surface area contributed by atoms with Crippen LogP contribution in [-0.2, 0) is 6.42 Å². The Kier molecular flexibility index (Phi) is 5.28. The first kappa shape index (κ1) is 20.5. The number of halogens is 3. The second-order valence-electron chi connectivity index (χ2n) is 8.19. The van der Waals surface area contributed by atoms with Crippen LogP contribution >= 0.6 is 0 Å².